The van der Waals surface area contributed by atoms with Gasteiger partial charge in [0, 0.05) is 23.1 Å². The first-order valence-electron chi connectivity index (χ1n) is 8.41. The molecule has 24 heavy (non-hydrogen) atoms. The molecule has 6 heteroatoms. The second-order valence-corrected chi connectivity index (χ2v) is 8.02. The van der Waals surface area contributed by atoms with Crippen LogP contribution in [0.1, 0.15) is 37.2 Å². The van der Waals surface area contributed by atoms with Gasteiger partial charge in [0.05, 0.1) is 5.69 Å². The van der Waals surface area contributed by atoms with Crippen molar-refractivity contribution in [2.75, 3.05) is 0 Å². The zero-order valence-electron chi connectivity index (χ0n) is 13.4. The summed E-state index contributed by atoms with van der Waals surface area (Å²) in [6.07, 6.45) is 6.46. The molecule has 4 rings (SSSR count). The fraction of sp³-hybridized carbons (Fsp3) is 0.389. The molecule has 3 aromatic rings. The Morgan fingerprint density at radius 3 is 2.79 bits per heavy atom. The number of hydrogen-bond donors (Lipinski definition) is 1. The maximum Gasteiger partial charge on any atom is 0.208 e. The summed E-state index contributed by atoms with van der Waals surface area (Å²) < 4.78 is 0. The van der Waals surface area contributed by atoms with E-state index >= 15 is 0 Å². The van der Waals surface area contributed by atoms with Gasteiger partial charge >= 0.3 is 0 Å². The van der Waals surface area contributed by atoms with Crippen molar-refractivity contribution in [3.8, 4) is 10.6 Å². The molecule has 1 saturated carbocycles. The summed E-state index contributed by atoms with van der Waals surface area (Å²) in [5, 5.41) is 11.5. The number of nitrogens with one attached hydrogen (secondary N) is 1. The van der Waals surface area contributed by atoms with Crippen molar-refractivity contribution in [3.05, 3.63) is 47.2 Å². The molecule has 4 nitrogen and oxygen atoms in total. The molecule has 0 saturated heterocycles. The fourth-order valence-electron chi connectivity index (χ4n) is 3.15. The van der Waals surface area contributed by atoms with E-state index in [-0.39, 0.29) is 0 Å². The third kappa shape index (κ3) is 3.87. The van der Waals surface area contributed by atoms with E-state index in [1.54, 1.807) is 23.1 Å². The van der Waals surface area contributed by atoms with Crippen molar-refractivity contribution < 1.29 is 0 Å². The zero-order valence-corrected chi connectivity index (χ0v) is 15.1. The highest BCUT2D eigenvalue weighted by atomic mass is 32.2. The van der Waals surface area contributed by atoms with Crippen LogP contribution >= 0.6 is 23.1 Å². The van der Waals surface area contributed by atoms with Crippen LogP contribution in [0.4, 0.5) is 0 Å². The van der Waals surface area contributed by atoms with Gasteiger partial charge in [-0.2, -0.15) is 0 Å². The van der Waals surface area contributed by atoms with Crippen LogP contribution in [0, 0.1) is 5.92 Å². The van der Waals surface area contributed by atoms with E-state index in [0.717, 1.165) is 39.8 Å². The van der Waals surface area contributed by atoms with Crippen LogP contribution in [0.15, 0.2) is 40.9 Å². The molecular weight excluding hydrogens is 336 g/mol. The monoisotopic (exact) mass is 356 g/mol. The Labute approximate surface area is 150 Å². The van der Waals surface area contributed by atoms with Gasteiger partial charge in [0.2, 0.25) is 5.16 Å². The summed E-state index contributed by atoms with van der Waals surface area (Å²) in [6, 6.07) is 10.3. The van der Waals surface area contributed by atoms with E-state index in [4.69, 9.17) is 4.98 Å². The highest BCUT2D eigenvalue weighted by molar-refractivity contribution is 7.98. The first-order chi connectivity index (χ1) is 11.9. The number of thiazole rings is 1. The van der Waals surface area contributed by atoms with E-state index in [0.29, 0.717) is 0 Å². The number of nitrogens with zero attached hydrogens (tertiary/aromatic N) is 3. The molecule has 0 radical (unpaired) electrons. The Kier molecular flexibility index (Phi) is 4.94. The third-order valence-electron chi connectivity index (χ3n) is 4.39. The maximum absolute atomic E-state index is 4.72. The lowest BCUT2D eigenvalue weighted by Crippen LogP contribution is -2.00. The summed E-state index contributed by atoms with van der Waals surface area (Å²) in [4.78, 5) is 9.34. The minimum absolute atomic E-state index is 0.794. The largest absolute Gasteiger partial charge is 0.262 e. The Bertz CT molecular complexity index is 775. The lowest BCUT2D eigenvalue weighted by Gasteiger charge is -2.03. The van der Waals surface area contributed by atoms with E-state index in [2.05, 4.69) is 32.7 Å². The molecule has 0 unspecified atom stereocenters. The van der Waals surface area contributed by atoms with Gasteiger partial charge in [-0.05, 0) is 5.92 Å². The molecule has 1 aromatic carbocycles. The maximum atomic E-state index is 4.72. The van der Waals surface area contributed by atoms with Crippen molar-refractivity contribution >= 4 is 23.1 Å². The predicted octanol–water partition coefficient (Wildman–Crippen LogP) is 4.95. The van der Waals surface area contributed by atoms with E-state index in [1.807, 2.05) is 18.2 Å². The van der Waals surface area contributed by atoms with Gasteiger partial charge in [-0.25, -0.2) is 9.97 Å². The van der Waals surface area contributed by atoms with Gasteiger partial charge in [0.15, 0.2) is 0 Å². The molecule has 2 heterocycles. The minimum atomic E-state index is 0.794. The van der Waals surface area contributed by atoms with Crippen molar-refractivity contribution in [1.29, 1.82) is 0 Å². The number of rotatable bonds is 6. The van der Waals surface area contributed by atoms with Crippen LogP contribution in [-0.2, 0) is 12.2 Å². The molecule has 0 atom stereocenters. The molecule has 124 valence electrons. The quantitative estimate of drug-likeness (QED) is 0.635. The van der Waals surface area contributed by atoms with Gasteiger partial charge in [-0.1, -0.05) is 67.8 Å². The van der Waals surface area contributed by atoms with Gasteiger partial charge < -0.3 is 0 Å². The van der Waals surface area contributed by atoms with Crippen LogP contribution in [-0.4, -0.2) is 20.2 Å². The Hall–Kier alpha value is -1.66. The molecule has 1 aliphatic rings. The van der Waals surface area contributed by atoms with Crippen molar-refractivity contribution in [2.45, 2.75) is 43.0 Å². The summed E-state index contributed by atoms with van der Waals surface area (Å²) in [6.45, 7) is 0. The van der Waals surface area contributed by atoms with Crippen LogP contribution in [0.25, 0.3) is 10.6 Å². The molecular formula is C18H20N4S2. The van der Waals surface area contributed by atoms with Gasteiger partial charge in [-0.15, -0.1) is 16.4 Å². The first-order valence-corrected chi connectivity index (χ1v) is 10.3. The number of aromatic nitrogens is 4. The third-order valence-corrected chi connectivity index (χ3v) is 6.21. The number of benzene rings is 1. The number of aromatic amines is 1. The second-order valence-electron chi connectivity index (χ2n) is 6.22. The van der Waals surface area contributed by atoms with E-state index in [9.17, 15) is 0 Å². The average Bonchev–Trinajstić information content (AvgIpc) is 3.36. The van der Waals surface area contributed by atoms with Gasteiger partial charge in [-0.3, -0.25) is 5.10 Å². The van der Waals surface area contributed by atoms with Crippen LogP contribution in [0.5, 0.6) is 0 Å². The Balaban J connectivity index is 1.34. The average molecular weight is 357 g/mol. The number of thioether (sulfide) groups is 1. The molecule has 1 fully saturated rings. The zero-order chi connectivity index (χ0) is 16.2. The SMILES string of the molecule is c1ccc(-c2nc(CSc3n[nH]c(CC4CCCC4)n3)cs2)cc1. The van der Waals surface area contributed by atoms with Crippen LogP contribution in [0.3, 0.4) is 0 Å². The lowest BCUT2D eigenvalue weighted by atomic mass is 10.0. The number of H-pyrrole nitrogens is 1. The Morgan fingerprint density at radius 2 is 1.96 bits per heavy atom. The molecule has 0 bridgehead atoms. The number of hydrogen-bond acceptors (Lipinski definition) is 5. The summed E-state index contributed by atoms with van der Waals surface area (Å²) in [5.74, 6) is 2.64. The van der Waals surface area contributed by atoms with Crippen LogP contribution in [0.2, 0.25) is 0 Å². The van der Waals surface area contributed by atoms with E-state index in [1.165, 1.54) is 31.2 Å². The Morgan fingerprint density at radius 1 is 1.12 bits per heavy atom. The summed E-state index contributed by atoms with van der Waals surface area (Å²) in [7, 11) is 0. The highest BCUT2D eigenvalue weighted by Gasteiger charge is 2.17. The highest BCUT2D eigenvalue weighted by Crippen LogP contribution is 2.29. The summed E-state index contributed by atoms with van der Waals surface area (Å²) in [5.41, 5.74) is 2.27. The topological polar surface area (TPSA) is 54.5 Å². The molecule has 0 amide bonds. The molecule has 1 N–H and O–H groups in total. The molecule has 1 aliphatic carbocycles. The van der Waals surface area contributed by atoms with Gasteiger partial charge in [0.25, 0.3) is 0 Å². The lowest BCUT2D eigenvalue weighted by molar-refractivity contribution is 0.531. The van der Waals surface area contributed by atoms with Gasteiger partial charge in [0.1, 0.15) is 10.8 Å². The fourth-order valence-corrected chi connectivity index (χ4v) is 4.79. The van der Waals surface area contributed by atoms with Crippen LogP contribution < -0.4 is 0 Å². The molecule has 0 aliphatic heterocycles. The standard InChI is InChI=1S/C18H20N4S2/c1-2-8-14(9-3-1)17-19-15(11-23-17)12-24-18-20-16(21-22-18)10-13-6-4-5-7-13/h1-3,8-9,11,13H,4-7,10,12H2,(H,20,21,22). The van der Waals surface area contributed by atoms with Crippen molar-refractivity contribution in [2.24, 2.45) is 5.92 Å². The van der Waals surface area contributed by atoms with E-state index < -0.39 is 0 Å². The molecule has 0 spiro atoms. The molecule has 2 aromatic heterocycles. The second kappa shape index (κ2) is 7.49. The first kappa shape index (κ1) is 15.8. The normalized spacial score (nSPS) is 15.2. The smallest absolute Gasteiger partial charge is 0.208 e. The minimum Gasteiger partial charge on any atom is -0.262 e. The van der Waals surface area contributed by atoms with Crippen molar-refractivity contribution in [1.82, 2.24) is 20.2 Å². The van der Waals surface area contributed by atoms with Crippen molar-refractivity contribution in [3.63, 3.8) is 0 Å². The predicted molar refractivity (Wildman–Crippen MR) is 99.2 cm³/mol. The summed E-state index contributed by atoms with van der Waals surface area (Å²) >= 11 is 3.34.